The predicted octanol–water partition coefficient (Wildman–Crippen LogP) is 2.74. The zero-order valence-corrected chi connectivity index (χ0v) is 10.5. The van der Waals surface area contributed by atoms with E-state index in [1.807, 2.05) is 19.1 Å². The summed E-state index contributed by atoms with van der Waals surface area (Å²) in [5, 5.41) is 3.12. The number of carbonyl (C=O) groups is 1. The molecule has 0 radical (unpaired) electrons. The average molecular weight is 241 g/mol. The van der Waals surface area contributed by atoms with Crippen molar-refractivity contribution in [3.8, 4) is 0 Å². The molecule has 1 aromatic heterocycles. The number of nitrogens with zero attached hydrogens (tertiary/aromatic N) is 2. The van der Waals surface area contributed by atoms with Crippen LogP contribution in [0.5, 0.6) is 0 Å². The minimum absolute atomic E-state index is 0.00609. The van der Waals surface area contributed by atoms with Crippen molar-refractivity contribution >= 4 is 22.6 Å². The largest absolute Gasteiger partial charge is 0.365 e. The Bertz CT molecular complexity index is 620. The number of Topliss-reactive ketones (excluding diaryl/α,β-unsaturated/α-hetero) is 1. The zero-order chi connectivity index (χ0) is 13.1. The monoisotopic (exact) mass is 241 g/mol. The number of fused-ring (bicyclic) bond motifs is 1. The van der Waals surface area contributed by atoms with Crippen molar-refractivity contribution in [3.63, 3.8) is 0 Å². The number of rotatable bonds is 4. The molecule has 18 heavy (non-hydrogen) atoms. The van der Waals surface area contributed by atoms with Crippen molar-refractivity contribution in [1.29, 1.82) is 0 Å². The summed E-state index contributed by atoms with van der Waals surface area (Å²) in [7, 11) is 0. The molecular formula is C14H15N3O. The predicted molar refractivity (Wildman–Crippen MR) is 73.0 cm³/mol. The van der Waals surface area contributed by atoms with E-state index in [-0.39, 0.29) is 5.78 Å². The first-order valence-electron chi connectivity index (χ1n) is 5.76. The van der Waals surface area contributed by atoms with Crippen molar-refractivity contribution < 1.29 is 4.79 Å². The third kappa shape index (κ3) is 2.22. The fourth-order valence-corrected chi connectivity index (χ4v) is 1.79. The van der Waals surface area contributed by atoms with Crippen molar-refractivity contribution in [2.45, 2.75) is 13.8 Å². The highest BCUT2D eigenvalue weighted by molar-refractivity contribution is 6.04. The van der Waals surface area contributed by atoms with Crippen LogP contribution in [0.2, 0.25) is 0 Å². The number of benzene rings is 1. The van der Waals surface area contributed by atoms with Gasteiger partial charge < -0.3 is 5.32 Å². The van der Waals surface area contributed by atoms with Crippen molar-refractivity contribution in [2.24, 2.45) is 0 Å². The Hall–Kier alpha value is -2.23. The number of aryl methyl sites for hydroxylation is 1. The van der Waals surface area contributed by atoms with Gasteiger partial charge in [0.05, 0.1) is 11.2 Å². The molecule has 0 saturated carbocycles. The topological polar surface area (TPSA) is 54.9 Å². The number of aromatic nitrogens is 2. The Kier molecular flexibility index (Phi) is 3.37. The van der Waals surface area contributed by atoms with E-state index in [9.17, 15) is 4.79 Å². The SMILES string of the molecule is C=CCNc1nc2c(C(C)=O)cccc2nc1C. The highest BCUT2D eigenvalue weighted by atomic mass is 16.1. The summed E-state index contributed by atoms with van der Waals surface area (Å²) in [6, 6.07) is 5.45. The molecule has 4 heteroatoms. The number of ketones is 1. The molecule has 1 N–H and O–H groups in total. The molecule has 2 aromatic rings. The van der Waals surface area contributed by atoms with E-state index in [0.29, 0.717) is 23.4 Å². The third-order valence-electron chi connectivity index (χ3n) is 2.66. The lowest BCUT2D eigenvalue weighted by molar-refractivity contribution is 0.101. The van der Waals surface area contributed by atoms with Crippen LogP contribution >= 0.6 is 0 Å². The summed E-state index contributed by atoms with van der Waals surface area (Å²) in [5.41, 5.74) is 2.79. The number of anilines is 1. The number of hydrogen-bond donors (Lipinski definition) is 1. The normalized spacial score (nSPS) is 10.3. The lowest BCUT2D eigenvalue weighted by atomic mass is 10.1. The van der Waals surface area contributed by atoms with E-state index in [1.54, 1.807) is 12.1 Å². The third-order valence-corrected chi connectivity index (χ3v) is 2.66. The van der Waals surface area contributed by atoms with Crippen LogP contribution in [0.15, 0.2) is 30.9 Å². The maximum atomic E-state index is 11.6. The van der Waals surface area contributed by atoms with Crippen LogP contribution in [0.3, 0.4) is 0 Å². The van der Waals surface area contributed by atoms with Gasteiger partial charge in [-0.2, -0.15) is 0 Å². The van der Waals surface area contributed by atoms with Gasteiger partial charge in [-0.25, -0.2) is 9.97 Å². The Morgan fingerprint density at radius 2 is 2.22 bits per heavy atom. The van der Waals surface area contributed by atoms with E-state index >= 15 is 0 Å². The number of nitrogens with one attached hydrogen (secondary N) is 1. The lowest BCUT2D eigenvalue weighted by Crippen LogP contribution is -2.06. The van der Waals surface area contributed by atoms with Crippen LogP contribution in [0.25, 0.3) is 11.0 Å². The minimum Gasteiger partial charge on any atom is -0.365 e. The van der Waals surface area contributed by atoms with Gasteiger partial charge in [-0.15, -0.1) is 6.58 Å². The minimum atomic E-state index is -0.00609. The first-order chi connectivity index (χ1) is 8.63. The van der Waals surface area contributed by atoms with Gasteiger partial charge in [0, 0.05) is 12.1 Å². The summed E-state index contributed by atoms with van der Waals surface area (Å²) >= 11 is 0. The van der Waals surface area contributed by atoms with Crippen LogP contribution in [-0.4, -0.2) is 22.3 Å². The molecule has 4 nitrogen and oxygen atoms in total. The average Bonchev–Trinajstić information content (AvgIpc) is 2.35. The number of para-hydroxylation sites is 1. The van der Waals surface area contributed by atoms with E-state index < -0.39 is 0 Å². The number of hydrogen-bond acceptors (Lipinski definition) is 4. The quantitative estimate of drug-likeness (QED) is 0.660. The van der Waals surface area contributed by atoms with E-state index in [0.717, 1.165) is 11.2 Å². The van der Waals surface area contributed by atoms with E-state index in [4.69, 9.17) is 0 Å². The smallest absolute Gasteiger partial charge is 0.162 e. The molecule has 0 atom stereocenters. The molecule has 1 heterocycles. The van der Waals surface area contributed by atoms with E-state index in [2.05, 4.69) is 21.9 Å². The second-order valence-electron chi connectivity index (χ2n) is 4.06. The maximum absolute atomic E-state index is 11.6. The first kappa shape index (κ1) is 12.2. The van der Waals surface area contributed by atoms with Gasteiger partial charge >= 0.3 is 0 Å². The van der Waals surface area contributed by atoms with Crippen LogP contribution in [0, 0.1) is 6.92 Å². The Labute approximate surface area is 106 Å². The van der Waals surface area contributed by atoms with Gasteiger partial charge in [-0.1, -0.05) is 12.1 Å². The molecule has 0 aliphatic heterocycles. The van der Waals surface area contributed by atoms with Crippen LogP contribution in [0.1, 0.15) is 23.0 Å². The Morgan fingerprint density at radius 3 is 2.89 bits per heavy atom. The molecule has 0 unspecified atom stereocenters. The maximum Gasteiger partial charge on any atom is 0.162 e. The number of carbonyl (C=O) groups excluding carboxylic acids is 1. The summed E-state index contributed by atoms with van der Waals surface area (Å²) in [4.78, 5) is 20.5. The molecular weight excluding hydrogens is 226 g/mol. The Morgan fingerprint density at radius 1 is 1.44 bits per heavy atom. The molecule has 0 aliphatic rings. The van der Waals surface area contributed by atoms with Crippen molar-refractivity contribution in [1.82, 2.24) is 9.97 Å². The fraction of sp³-hybridized carbons (Fsp3) is 0.214. The Balaban J connectivity index is 2.62. The summed E-state index contributed by atoms with van der Waals surface area (Å²) in [5.74, 6) is 0.685. The standard InChI is InChI=1S/C14H15N3O/c1-4-8-15-14-9(2)16-12-7-5-6-11(10(3)18)13(12)17-14/h4-7H,1,8H2,2-3H3,(H,15,17). The molecule has 1 aromatic carbocycles. The van der Waals surface area contributed by atoms with Gasteiger partial charge in [0.25, 0.3) is 0 Å². The molecule has 0 saturated heterocycles. The van der Waals surface area contributed by atoms with Gasteiger partial charge in [-0.3, -0.25) is 4.79 Å². The lowest BCUT2D eigenvalue weighted by Gasteiger charge is -2.09. The van der Waals surface area contributed by atoms with Crippen molar-refractivity contribution in [3.05, 3.63) is 42.1 Å². The second-order valence-corrected chi connectivity index (χ2v) is 4.06. The van der Waals surface area contributed by atoms with Gasteiger partial charge in [0.1, 0.15) is 11.3 Å². The molecule has 0 bridgehead atoms. The summed E-state index contributed by atoms with van der Waals surface area (Å²) < 4.78 is 0. The molecule has 0 spiro atoms. The molecule has 0 amide bonds. The molecule has 0 aliphatic carbocycles. The molecule has 0 fully saturated rings. The van der Waals surface area contributed by atoms with Gasteiger partial charge in [0.15, 0.2) is 5.78 Å². The summed E-state index contributed by atoms with van der Waals surface area (Å²) in [6.07, 6.45) is 1.75. The van der Waals surface area contributed by atoms with Gasteiger partial charge in [-0.05, 0) is 26.0 Å². The first-order valence-corrected chi connectivity index (χ1v) is 5.76. The van der Waals surface area contributed by atoms with E-state index in [1.165, 1.54) is 6.92 Å². The zero-order valence-electron chi connectivity index (χ0n) is 10.5. The fourth-order valence-electron chi connectivity index (χ4n) is 1.79. The highest BCUT2D eigenvalue weighted by Gasteiger charge is 2.10. The van der Waals surface area contributed by atoms with Crippen LogP contribution < -0.4 is 5.32 Å². The van der Waals surface area contributed by atoms with Gasteiger partial charge in [0.2, 0.25) is 0 Å². The van der Waals surface area contributed by atoms with Crippen LogP contribution in [-0.2, 0) is 0 Å². The molecule has 2 rings (SSSR count). The van der Waals surface area contributed by atoms with Crippen LogP contribution in [0.4, 0.5) is 5.82 Å². The molecule has 92 valence electrons. The van der Waals surface area contributed by atoms with Crippen molar-refractivity contribution in [2.75, 3.05) is 11.9 Å². The summed E-state index contributed by atoms with van der Waals surface area (Å²) in [6.45, 7) is 7.69. The highest BCUT2D eigenvalue weighted by Crippen LogP contribution is 2.20. The second kappa shape index (κ2) is 4.96.